The fourth-order valence-corrected chi connectivity index (χ4v) is 3.32. The molecule has 3 rings (SSSR count). The Morgan fingerprint density at radius 2 is 2.39 bits per heavy atom. The van der Waals surface area contributed by atoms with E-state index >= 15 is 0 Å². The molecule has 3 atom stereocenters. The Hall–Kier alpha value is -0.650. The lowest BCUT2D eigenvalue weighted by Gasteiger charge is -2.36. The fourth-order valence-electron chi connectivity index (χ4n) is 3.32. The quantitative estimate of drug-likeness (QED) is 0.770. The van der Waals surface area contributed by atoms with Crippen LogP contribution in [0.15, 0.2) is 0 Å². The molecule has 3 saturated heterocycles. The SMILES string of the molecule is CCC1NCN(CC2CN3CCCC3CO2)C1=O. The van der Waals surface area contributed by atoms with Crippen molar-refractivity contribution in [2.75, 3.05) is 32.9 Å². The number of nitrogens with zero attached hydrogens (tertiary/aromatic N) is 2. The van der Waals surface area contributed by atoms with E-state index in [9.17, 15) is 4.79 Å². The van der Waals surface area contributed by atoms with Crippen LogP contribution in [-0.2, 0) is 9.53 Å². The molecule has 0 aromatic carbocycles. The highest BCUT2D eigenvalue weighted by atomic mass is 16.5. The third kappa shape index (κ3) is 2.27. The molecule has 3 heterocycles. The molecule has 1 amide bonds. The average molecular weight is 253 g/mol. The normalized spacial score (nSPS) is 37.3. The highest BCUT2D eigenvalue weighted by Crippen LogP contribution is 2.23. The number of morpholine rings is 1. The van der Waals surface area contributed by atoms with Gasteiger partial charge in [0.1, 0.15) is 0 Å². The monoisotopic (exact) mass is 253 g/mol. The van der Waals surface area contributed by atoms with E-state index in [0.29, 0.717) is 12.7 Å². The summed E-state index contributed by atoms with van der Waals surface area (Å²) in [5, 5.41) is 3.25. The zero-order valence-corrected chi connectivity index (χ0v) is 11.1. The highest BCUT2D eigenvalue weighted by molar-refractivity contribution is 5.83. The summed E-state index contributed by atoms with van der Waals surface area (Å²) in [5.41, 5.74) is 0. The molecule has 5 nitrogen and oxygen atoms in total. The Labute approximate surface area is 108 Å². The van der Waals surface area contributed by atoms with Gasteiger partial charge in [0.05, 0.1) is 25.4 Å². The number of hydrogen-bond donors (Lipinski definition) is 1. The van der Waals surface area contributed by atoms with Crippen LogP contribution in [0, 0.1) is 0 Å². The summed E-state index contributed by atoms with van der Waals surface area (Å²) in [6, 6.07) is 0.658. The fraction of sp³-hybridized carbons (Fsp3) is 0.923. The van der Waals surface area contributed by atoms with Crippen molar-refractivity contribution < 1.29 is 9.53 Å². The summed E-state index contributed by atoms with van der Waals surface area (Å²) in [4.78, 5) is 16.5. The molecule has 18 heavy (non-hydrogen) atoms. The van der Waals surface area contributed by atoms with Gasteiger partial charge in [-0.1, -0.05) is 6.92 Å². The maximum Gasteiger partial charge on any atom is 0.240 e. The Balaban J connectivity index is 1.53. The van der Waals surface area contributed by atoms with Crippen LogP contribution in [0.5, 0.6) is 0 Å². The lowest BCUT2D eigenvalue weighted by atomic mass is 10.1. The second-order valence-electron chi connectivity index (χ2n) is 5.63. The van der Waals surface area contributed by atoms with E-state index < -0.39 is 0 Å². The predicted octanol–water partition coefficient (Wildman–Crippen LogP) is 0.0175. The van der Waals surface area contributed by atoms with Gasteiger partial charge in [0.25, 0.3) is 0 Å². The molecule has 0 aromatic heterocycles. The Kier molecular flexibility index (Phi) is 3.54. The molecular formula is C13H23N3O2. The number of rotatable bonds is 3. The van der Waals surface area contributed by atoms with Crippen molar-refractivity contribution in [2.24, 2.45) is 0 Å². The van der Waals surface area contributed by atoms with Crippen LogP contribution in [0.3, 0.4) is 0 Å². The zero-order chi connectivity index (χ0) is 12.5. The molecule has 0 spiro atoms. The standard InChI is InChI=1S/C13H23N3O2/c1-2-12-13(17)16(9-14-12)7-11-6-15-5-3-4-10(15)8-18-11/h10-12,14H,2-9H2,1H3. The van der Waals surface area contributed by atoms with Gasteiger partial charge >= 0.3 is 0 Å². The third-order valence-electron chi connectivity index (χ3n) is 4.43. The minimum Gasteiger partial charge on any atom is -0.373 e. The molecule has 0 aromatic rings. The van der Waals surface area contributed by atoms with Gasteiger partial charge in [0.15, 0.2) is 0 Å². The summed E-state index contributed by atoms with van der Waals surface area (Å²) in [7, 11) is 0. The molecule has 102 valence electrons. The molecule has 3 aliphatic rings. The van der Waals surface area contributed by atoms with Gasteiger partial charge in [-0.15, -0.1) is 0 Å². The van der Waals surface area contributed by atoms with Gasteiger partial charge < -0.3 is 9.64 Å². The zero-order valence-electron chi connectivity index (χ0n) is 11.1. The molecular weight excluding hydrogens is 230 g/mol. The summed E-state index contributed by atoms with van der Waals surface area (Å²) < 4.78 is 5.91. The number of ether oxygens (including phenoxy) is 1. The second-order valence-corrected chi connectivity index (χ2v) is 5.63. The largest absolute Gasteiger partial charge is 0.373 e. The van der Waals surface area contributed by atoms with E-state index in [2.05, 4.69) is 10.2 Å². The number of hydrogen-bond acceptors (Lipinski definition) is 4. The van der Waals surface area contributed by atoms with Gasteiger partial charge in [0, 0.05) is 19.1 Å². The first-order chi connectivity index (χ1) is 8.78. The van der Waals surface area contributed by atoms with Gasteiger partial charge in [-0.05, 0) is 25.8 Å². The van der Waals surface area contributed by atoms with Gasteiger partial charge in [-0.3, -0.25) is 15.0 Å². The number of carbonyl (C=O) groups excluding carboxylic acids is 1. The van der Waals surface area contributed by atoms with E-state index in [1.165, 1.54) is 19.4 Å². The second kappa shape index (κ2) is 5.15. The van der Waals surface area contributed by atoms with Crippen molar-refractivity contribution >= 4 is 5.91 Å². The van der Waals surface area contributed by atoms with Gasteiger partial charge in [0.2, 0.25) is 5.91 Å². The third-order valence-corrected chi connectivity index (χ3v) is 4.43. The summed E-state index contributed by atoms with van der Waals surface area (Å²) in [6.07, 6.45) is 3.63. The van der Waals surface area contributed by atoms with Crippen molar-refractivity contribution in [3.05, 3.63) is 0 Å². The maximum absolute atomic E-state index is 12.0. The van der Waals surface area contributed by atoms with Crippen molar-refractivity contribution in [3.63, 3.8) is 0 Å². The minimum absolute atomic E-state index is 0.0214. The molecule has 5 heteroatoms. The molecule has 0 radical (unpaired) electrons. The number of carbonyl (C=O) groups is 1. The average Bonchev–Trinajstić information content (AvgIpc) is 2.97. The van der Waals surface area contributed by atoms with Crippen LogP contribution in [-0.4, -0.2) is 66.8 Å². The number of nitrogens with one attached hydrogen (secondary N) is 1. The van der Waals surface area contributed by atoms with Gasteiger partial charge in [-0.25, -0.2) is 0 Å². The molecule has 1 N–H and O–H groups in total. The maximum atomic E-state index is 12.0. The van der Waals surface area contributed by atoms with E-state index in [4.69, 9.17) is 4.74 Å². The van der Waals surface area contributed by atoms with Crippen molar-refractivity contribution in [1.29, 1.82) is 0 Å². The van der Waals surface area contributed by atoms with Crippen molar-refractivity contribution in [2.45, 2.75) is 44.4 Å². The minimum atomic E-state index is 0.0214. The molecule has 0 aliphatic carbocycles. The van der Waals surface area contributed by atoms with Crippen molar-refractivity contribution in [3.8, 4) is 0 Å². The summed E-state index contributed by atoms with van der Waals surface area (Å²) in [6.45, 7) is 6.51. The number of fused-ring (bicyclic) bond motifs is 1. The van der Waals surface area contributed by atoms with E-state index in [-0.39, 0.29) is 18.1 Å². The first kappa shape index (κ1) is 12.4. The van der Waals surface area contributed by atoms with Crippen LogP contribution < -0.4 is 5.32 Å². The topological polar surface area (TPSA) is 44.8 Å². The summed E-state index contributed by atoms with van der Waals surface area (Å²) in [5.74, 6) is 0.240. The lowest BCUT2D eigenvalue weighted by molar-refractivity contribution is -0.132. The Bertz CT molecular complexity index is 323. The van der Waals surface area contributed by atoms with E-state index in [0.717, 1.165) is 26.1 Å². The van der Waals surface area contributed by atoms with Crippen LogP contribution in [0.4, 0.5) is 0 Å². The van der Waals surface area contributed by atoms with Crippen molar-refractivity contribution in [1.82, 2.24) is 15.1 Å². The van der Waals surface area contributed by atoms with E-state index in [1.54, 1.807) is 0 Å². The molecule has 3 unspecified atom stereocenters. The first-order valence-corrected chi connectivity index (χ1v) is 7.15. The molecule has 3 fully saturated rings. The molecule has 0 bridgehead atoms. The van der Waals surface area contributed by atoms with Crippen LogP contribution >= 0.6 is 0 Å². The summed E-state index contributed by atoms with van der Waals surface area (Å²) >= 11 is 0. The van der Waals surface area contributed by atoms with Gasteiger partial charge in [-0.2, -0.15) is 0 Å². The van der Waals surface area contributed by atoms with E-state index in [1.807, 2.05) is 11.8 Å². The molecule has 0 saturated carbocycles. The molecule has 3 aliphatic heterocycles. The Morgan fingerprint density at radius 1 is 1.50 bits per heavy atom. The lowest BCUT2D eigenvalue weighted by Crippen LogP contribution is -2.50. The predicted molar refractivity (Wildman–Crippen MR) is 68.1 cm³/mol. The smallest absolute Gasteiger partial charge is 0.240 e. The number of amides is 1. The first-order valence-electron chi connectivity index (χ1n) is 7.15. The van der Waals surface area contributed by atoms with Crippen LogP contribution in [0.1, 0.15) is 26.2 Å². The van der Waals surface area contributed by atoms with Crippen LogP contribution in [0.25, 0.3) is 0 Å². The van der Waals surface area contributed by atoms with Crippen LogP contribution in [0.2, 0.25) is 0 Å². The highest BCUT2D eigenvalue weighted by Gasteiger charge is 2.36. The Morgan fingerprint density at radius 3 is 3.17 bits per heavy atom.